The molecule has 18 heavy (non-hydrogen) atoms. The summed E-state index contributed by atoms with van der Waals surface area (Å²) in [5.74, 6) is 0. The number of alkyl halides is 3. The molecule has 0 aromatic carbocycles. The first kappa shape index (κ1) is 15.5. The maximum atomic E-state index is 12.3. The zero-order chi connectivity index (χ0) is 13.8. The lowest BCUT2D eigenvalue weighted by Crippen LogP contribution is -2.23. The van der Waals surface area contributed by atoms with E-state index in [-0.39, 0.29) is 12.5 Å². The van der Waals surface area contributed by atoms with Gasteiger partial charge in [-0.05, 0) is 44.9 Å². The molecule has 1 nitrogen and oxygen atoms in total. The second kappa shape index (κ2) is 6.57. The predicted molar refractivity (Wildman–Crippen MR) is 70.1 cm³/mol. The molecule has 5 heteroatoms. The van der Waals surface area contributed by atoms with Crippen molar-refractivity contribution in [1.29, 1.82) is 0 Å². The highest BCUT2D eigenvalue weighted by Gasteiger charge is 2.29. The maximum absolute atomic E-state index is 12.3. The fraction of sp³-hybridized carbons (Fsp3) is 0.692. The summed E-state index contributed by atoms with van der Waals surface area (Å²) in [5, 5.41) is 3.21. The molecule has 0 fully saturated rings. The Morgan fingerprint density at radius 2 is 2.00 bits per heavy atom. The van der Waals surface area contributed by atoms with Crippen molar-refractivity contribution in [1.82, 2.24) is 5.32 Å². The normalized spacial score (nSPS) is 13.9. The third kappa shape index (κ3) is 4.98. The van der Waals surface area contributed by atoms with Gasteiger partial charge in [-0.1, -0.05) is 6.92 Å². The number of thiophene rings is 1. The minimum Gasteiger partial charge on any atom is -0.309 e. The van der Waals surface area contributed by atoms with Crippen LogP contribution < -0.4 is 5.32 Å². The molecule has 1 heterocycles. The van der Waals surface area contributed by atoms with E-state index in [9.17, 15) is 13.2 Å². The average molecular weight is 279 g/mol. The highest BCUT2D eigenvalue weighted by Crippen LogP contribution is 2.32. The third-order valence-electron chi connectivity index (χ3n) is 2.89. The molecule has 0 radical (unpaired) electrons. The standard InChI is InChI=1S/C13H20F3NS/c1-4-7-17-11(5-6-13(14,15)16)12-8-9(2)10(3)18-12/h8,11,17H,4-7H2,1-3H3. The molecule has 1 atom stereocenters. The Morgan fingerprint density at radius 3 is 2.44 bits per heavy atom. The van der Waals surface area contributed by atoms with E-state index in [0.717, 1.165) is 23.4 Å². The number of hydrogen-bond acceptors (Lipinski definition) is 2. The first-order valence-electron chi connectivity index (χ1n) is 6.20. The van der Waals surface area contributed by atoms with Gasteiger partial charge in [0.2, 0.25) is 0 Å². The molecule has 1 aromatic rings. The van der Waals surface area contributed by atoms with Gasteiger partial charge in [0.05, 0.1) is 0 Å². The zero-order valence-electron chi connectivity index (χ0n) is 11.0. The molecule has 0 spiro atoms. The minimum absolute atomic E-state index is 0.114. The van der Waals surface area contributed by atoms with Crippen molar-refractivity contribution in [2.75, 3.05) is 6.54 Å². The Labute approximate surface area is 110 Å². The molecule has 1 unspecified atom stereocenters. The Kier molecular flexibility index (Phi) is 5.66. The van der Waals surface area contributed by atoms with Gasteiger partial charge in [0, 0.05) is 22.2 Å². The number of hydrogen-bond donors (Lipinski definition) is 1. The van der Waals surface area contributed by atoms with Gasteiger partial charge >= 0.3 is 6.18 Å². The van der Waals surface area contributed by atoms with E-state index in [4.69, 9.17) is 0 Å². The summed E-state index contributed by atoms with van der Waals surface area (Å²) in [7, 11) is 0. The monoisotopic (exact) mass is 279 g/mol. The highest BCUT2D eigenvalue weighted by atomic mass is 32.1. The summed E-state index contributed by atoms with van der Waals surface area (Å²) in [6, 6.07) is 1.83. The quantitative estimate of drug-likeness (QED) is 0.792. The number of aryl methyl sites for hydroxylation is 2. The predicted octanol–water partition coefficient (Wildman–Crippen LogP) is 4.75. The van der Waals surface area contributed by atoms with Crippen LogP contribution in [0.25, 0.3) is 0 Å². The van der Waals surface area contributed by atoms with Crippen LogP contribution in [0.4, 0.5) is 13.2 Å². The van der Waals surface area contributed by atoms with Crippen LogP contribution in [0.15, 0.2) is 6.07 Å². The fourth-order valence-electron chi connectivity index (χ4n) is 1.74. The van der Waals surface area contributed by atoms with Gasteiger partial charge in [-0.3, -0.25) is 0 Å². The molecule has 0 aliphatic heterocycles. The van der Waals surface area contributed by atoms with E-state index in [1.165, 1.54) is 4.88 Å². The molecule has 1 aromatic heterocycles. The summed E-state index contributed by atoms with van der Waals surface area (Å²) in [4.78, 5) is 2.20. The number of rotatable bonds is 6. The largest absolute Gasteiger partial charge is 0.389 e. The van der Waals surface area contributed by atoms with Crippen LogP contribution in [0, 0.1) is 13.8 Å². The maximum Gasteiger partial charge on any atom is 0.389 e. The van der Waals surface area contributed by atoms with Gasteiger partial charge in [-0.15, -0.1) is 11.3 Å². The topological polar surface area (TPSA) is 12.0 Å². The Balaban J connectivity index is 2.71. The SMILES string of the molecule is CCCNC(CCC(F)(F)F)c1cc(C)c(C)s1. The summed E-state index contributed by atoms with van der Waals surface area (Å²) < 4.78 is 36.9. The van der Waals surface area contributed by atoms with Crippen LogP contribution in [0.3, 0.4) is 0 Å². The van der Waals surface area contributed by atoms with E-state index in [2.05, 4.69) is 5.32 Å². The van der Waals surface area contributed by atoms with Gasteiger partial charge in [0.1, 0.15) is 0 Å². The molecular weight excluding hydrogens is 259 g/mol. The molecular formula is C13H20F3NS. The first-order valence-corrected chi connectivity index (χ1v) is 7.02. The van der Waals surface area contributed by atoms with Crippen molar-refractivity contribution in [2.24, 2.45) is 0 Å². The molecule has 0 saturated heterocycles. The van der Waals surface area contributed by atoms with Crippen LogP contribution >= 0.6 is 11.3 Å². The highest BCUT2D eigenvalue weighted by molar-refractivity contribution is 7.12. The lowest BCUT2D eigenvalue weighted by Gasteiger charge is -2.18. The molecule has 0 bridgehead atoms. The van der Waals surface area contributed by atoms with Crippen LogP contribution in [-0.4, -0.2) is 12.7 Å². The van der Waals surface area contributed by atoms with E-state index in [1.807, 2.05) is 26.8 Å². The van der Waals surface area contributed by atoms with Gasteiger partial charge < -0.3 is 5.32 Å². The summed E-state index contributed by atoms with van der Waals surface area (Å²) >= 11 is 1.59. The molecule has 0 aliphatic carbocycles. The van der Waals surface area contributed by atoms with E-state index < -0.39 is 12.6 Å². The summed E-state index contributed by atoms with van der Waals surface area (Å²) in [5.41, 5.74) is 1.16. The summed E-state index contributed by atoms with van der Waals surface area (Å²) in [6.07, 6.45) is -3.77. The van der Waals surface area contributed by atoms with Crippen LogP contribution in [0.1, 0.15) is 47.5 Å². The van der Waals surface area contributed by atoms with Gasteiger partial charge in [0.25, 0.3) is 0 Å². The second-order valence-electron chi connectivity index (χ2n) is 4.55. The minimum atomic E-state index is -4.08. The molecule has 1 N–H and O–H groups in total. The first-order chi connectivity index (χ1) is 8.33. The van der Waals surface area contributed by atoms with E-state index in [1.54, 1.807) is 11.3 Å². The third-order valence-corrected chi connectivity index (χ3v) is 4.15. The Bertz CT molecular complexity index is 351. The molecule has 104 valence electrons. The van der Waals surface area contributed by atoms with Crippen LogP contribution in [0.2, 0.25) is 0 Å². The van der Waals surface area contributed by atoms with Crippen molar-refractivity contribution in [3.63, 3.8) is 0 Å². The van der Waals surface area contributed by atoms with Crippen molar-refractivity contribution < 1.29 is 13.2 Å². The van der Waals surface area contributed by atoms with Crippen molar-refractivity contribution in [3.05, 3.63) is 21.4 Å². The second-order valence-corrected chi connectivity index (χ2v) is 5.84. The van der Waals surface area contributed by atoms with Gasteiger partial charge in [0.15, 0.2) is 0 Å². The van der Waals surface area contributed by atoms with Crippen molar-refractivity contribution in [3.8, 4) is 0 Å². The summed E-state index contributed by atoms with van der Waals surface area (Å²) in [6.45, 7) is 6.76. The van der Waals surface area contributed by atoms with Gasteiger partial charge in [-0.25, -0.2) is 0 Å². The van der Waals surface area contributed by atoms with Crippen LogP contribution in [-0.2, 0) is 0 Å². The van der Waals surface area contributed by atoms with Gasteiger partial charge in [-0.2, -0.15) is 13.2 Å². The molecule has 0 saturated carbocycles. The Hall–Kier alpha value is -0.550. The zero-order valence-corrected chi connectivity index (χ0v) is 11.8. The molecule has 0 amide bonds. The smallest absolute Gasteiger partial charge is 0.309 e. The fourth-order valence-corrected chi connectivity index (χ4v) is 2.90. The van der Waals surface area contributed by atoms with E-state index in [0.29, 0.717) is 0 Å². The lowest BCUT2D eigenvalue weighted by molar-refractivity contribution is -0.136. The van der Waals surface area contributed by atoms with Crippen molar-refractivity contribution >= 4 is 11.3 Å². The number of halogens is 3. The van der Waals surface area contributed by atoms with E-state index >= 15 is 0 Å². The van der Waals surface area contributed by atoms with Crippen molar-refractivity contribution in [2.45, 2.75) is 52.3 Å². The molecule has 0 aliphatic rings. The molecule has 1 rings (SSSR count). The van der Waals surface area contributed by atoms with Crippen LogP contribution in [0.5, 0.6) is 0 Å². The average Bonchev–Trinajstić information content (AvgIpc) is 2.58. The lowest BCUT2D eigenvalue weighted by atomic mass is 10.1. The number of nitrogens with one attached hydrogen (secondary N) is 1. The Morgan fingerprint density at radius 1 is 1.33 bits per heavy atom.